The number of anilines is 2. The number of carbonyl (C=O) groups excluding carboxylic acids is 1. The van der Waals surface area contributed by atoms with Gasteiger partial charge in [-0.1, -0.05) is 11.6 Å². The molecule has 0 bridgehead atoms. The number of rotatable bonds is 3. The van der Waals surface area contributed by atoms with E-state index in [1.807, 2.05) is 14.1 Å². The molecule has 0 fully saturated rings. The molecule has 0 unspecified atom stereocenters. The highest BCUT2D eigenvalue weighted by Crippen LogP contribution is 2.12. The first-order valence-corrected chi connectivity index (χ1v) is 6.00. The summed E-state index contributed by atoms with van der Waals surface area (Å²) in [7, 11) is 3.70. The summed E-state index contributed by atoms with van der Waals surface area (Å²) in [6.45, 7) is 0. The van der Waals surface area contributed by atoms with Gasteiger partial charge in [0.15, 0.2) is 0 Å². The van der Waals surface area contributed by atoms with Gasteiger partial charge in [-0.15, -0.1) is 0 Å². The first kappa shape index (κ1) is 13.3. The molecule has 2 rings (SSSR count). The van der Waals surface area contributed by atoms with Crippen molar-refractivity contribution in [1.29, 1.82) is 0 Å². The number of benzene rings is 1. The van der Waals surface area contributed by atoms with Gasteiger partial charge in [-0.05, 0) is 24.3 Å². The fourth-order valence-electron chi connectivity index (χ4n) is 1.42. The van der Waals surface area contributed by atoms with Gasteiger partial charge in [-0.25, -0.2) is 9.97 Å². The van der Waals surface area contributed by atoms with Crippen LogP contribution in [0.1, 0.15) is 10.4 Å². The average Bonchev–Trinajstić information content (AvgIpc) is 2.40. The van der Waals surface area contributed by atoms with Gasteiger partial charge in [0.05, 0.1) is 18.1 Å². The highest BCUT2D eigenvalue weighted by molar-refractivity contribution is 6.30. The molecule has 6 heteroatoms. The molecule has 0 spiro atoms. The van der Waals surface area contributed by atoms with Crippen LogP contribution in [0.2, 0.25) is 5.02 Å². The average molecular weight is 277 g/mol. The summed E-state index contributed by atoms with van der Waals surface area (Å²) in [4.78, 5) is 21.9. The van der Waals surface area contributed by atoms with E-state index < -0.39 is 0 Å². The lowest BCUT2D eigenvalue weighted by Gasteiger charge is -2.10. The topological polar surface area (TPSA) is 58.1 Å². The molecule has 0 aliphatic heterocycles. The third-order valence-corrected chi connectivity index (χ3v) is 2.65. The summed E-state index contributed by atoms with van der Waals surface area (Å²) in [5, 5.41) is 3.31. The number of amides is 1. The van der Waals surface area contributed by atoms with Crippen LogP contribution in [0.4, 0.5) is 11.6 Å². The quantitative estimate of drug-likeness (QED) is 0.935. The number of nitrogens with one attached hydrogen (secondary N) is 1. The molecule has 1 aromatic carbocycles. The number of hydrogen-bond acceptors (Lipinski definition) is 4. The van der Waals surface area contributed by atoms with Crippen LogP contribution in [-0.4, -0.2) is 30.0 Å². The second-order valence-corrected chi connectivity index (χ2v) is 4.56. The highest BCUT2D eigenvalue weighted by Gasteiger charge is 2.07. The second kappa shape index (κ2) is 5.67. The van der Waals surface area contributed by atoms with Crippen LogP contribution in [0.3, 0.4) is 0 Å². The third kappa shape index (κ3) is 3.42. The highest BCUT2D eigenvalue weighted by atomic mass is 35.5. The molecular weight excluding hydrogens is 264 g/mol. The van der Waals surface area contributed by atoms with Crippen molar-refractivity contribution >= 4 is 29.1 Å². The van der Waals surface area contributed by atoms with E-state index in [1.165, 1.54) is 0 Å². The van der Waals surface area contributed by atoms with Crippen LogP contribution < -0.4 is 10.2 Å². The minimum atomic E-state index is -0.224. The Bertz CT molecular complexity index is 566. The fraction of sp³-hybridized carbons (Fsp3) is 0.154. The second-order valence-electron chi connectivity index (χ2n) is 4.13. The van der Waals surface area contributed by atoms with Crippen LogP contribution in [0.25, 0.3) is 0 Å². The lowest BCUT2D eigenvalue weighted by atomic mass is 10.2. The Morgan fingerprint density at radius 3 is 2.26 bits per heavy atom. The molecule has 0 aliphatic rings. The van der Waals surface area contributed by atoms with E-state index in [4.69, 9.17) is 11.6 Å². The maximum absolute atomic E-state index is 11.9. The Balaban J connectivity index is 2.08. The lowest BCUT2D eigenvalue weighted by molar-refractivity contribution is 0.102. The van der Waals surface area contributed by atoms with Crippen molar-refractivity contribution in [3.05, 3.63) is 47.2 Å². The molecule has 5 nitrogen and oxygen atoms in total. The Morgan fingerprint density at radius 1 is 1.16 bits per heavy atom. The first-order valence-electron chi connectivity index (χ1n) is 5.62. The molecule has 0 atom stereocenters. The van der Waals surface area contributed by atoms with Gasteiger partial charge in [0.2, 0.25) is 5.95 Å². The standard InChI is InChI=1S/C13H13ClN4O/c1-18(2)13-15-7-11(8-16-13)17-12(19)9-3-5-10(14)6-4-9/h3-8H,1-2H3,(H,17,19). The van der Waals surface area contributed by atoms with E-state index in [0.29, 0.717) is 22.2 Å². The summed E-state index contributed by atoms with van der Waals surface area (Å²) in [5.74, 6) is 0.363. The molecule has 1 N–H and O–H groups in total. The minimum absolute atomic E-state index is 0.224. The molecule has 98 valence electrons. The van der Waals surface area contributed by atoms with Gasteiger partial charge in [0.25, 0.3) is 5.91 Å². The van der Waals surface area contributed by atoms with Gasteiger partial charge in [0, 0.05) is 24.7 Å². The van der Waals surface area contributed by atoms with Gasteiger partial charge >= 0.3 is 0 Å². The summed E-state index contributed by atoms with van der Waals surface area (Å²) >= 11 is 5.77. The summed E-state index contributed by atoms with van der Waals surface area (Å²) in [6, 6.07) is 6.66. The molecule has 0 saturated carbocycles. The summed E-state index contributed by atoms with van der Waals surface area (Å²) in [5.41, 5.74) is 1.08. The van der Waals surface area contributed by atoms with E-state index in [9.17, 15) is 4.79 Å². The maximum Gasteiger partial charge on any atom is 0.255 e. The Labute approximate surface area is 116 Å². The Morgan fingerprint density at radius 2 is 1.74 bits per heavy atom. The van der Waals surface area contributed by atoms with Crippen molar-refractivity contribution in [2.75, 3.05) is 24.3 Å². The molecule has 0 radical (unpaired) electrons. The van der Waals surface area contributed by atoms with Crippen molar-refractivity contribution < 1.29 is 4.79 Å². The first-order chi connectivity index (χ1) is 9.06. The fourth-order valence-corrected chi connectivity index (χ4v) is 1.55. The predicted molar refractivity (Wildman–Crippen MR) is 75.8 cm³/mol. The van der Waals surface area contributed by atoms with Gasteiger partial charge in [-0.3, -0.25) is 4.79 Å². The van der Waals surface area contributed by atoms with Gasteiger partial charge in [0.1, 0.15) is 0 Å². The summed E-state index contributed by atoms with van der Waals surface area (Å²) in [6.07, 6.45) is 3.13. The van der Waals surface area contributed by atoms with E-state index in [1.54, 1.807) is 41.6 Å². The van der Waals surface area contributed by atoms with E-state index >= 15 is 0 Å². The molecule has 0 saturated heterocycles. The van der Waals surface area contributed by atoms with Crippen molar-refractivity contribution in [3.8, 4) is 0 Å². The molecule has 2 aromatic rings. The van der Waals surface area contributed by atoms with Crippen LogP contribution in [0, 0.1) is 0 Å². The SMILES string of the molecule is CN(C)c1ncc(NC(=O)c2ccc(Cl)cc2)cn1. The number of aromatic nitrogens is 2. The molecule has 1 heterocycles. The maximum atomic E-state index is 11.9. The van der Waals surface area contributed by atoms with Crippen molar-refractivity contribution in [3.63, 3.8) is 0 Å². The number of halogens is 1. The molecular formula is C13H13ClN4O. The lowest BCUT2D eigenvalue weighted by Crippen LogP contribution is -2.15. The van der Waals surface area contributed by atoms with Gasteiger partial charge < -0.3 is 10.2 Å². The zero-order valence-corrected chi connectivity index (χ0v) is 11.3. The zero-order valence-electron chi connectivity index (χ0n) is 10.6. The van der Waals surface area contributed by atoms with E-state index in [2.05, 4.69) is 15.3 Å². The predicted octanol–water partition coefficient (Wildman–Crippen LogP) is 2.45. The number of carbonyl (C=O) groups is 1. The molecule has 1 amide bonds. The molecule has 0 aliphatic carbocycles. The summed E-state index contributed by atoms with van der Waals surface area (Å²) < 4.78 is 0. The van der Waals surface area contributed by atoms with Crippen molar-refractivity contribution in [2.45, 2.75) is 0 Å². The largest absolute Gasteiger partial charge is 0.347 e. The normalized spacial score (nSPS) is 10.1. The Kier molecular flexibility index (Phi) is 3.97. The monoisotopic (exact) mass is 276 g/mol. The van der Waals surface area contributed by atoms with Gasteiger partial charge in [-0.2, -0.15) is 0 Å². The molecule has 1 aromatic heterocycles. The molecule has 19 heavy (non-hydrogen) atoms. The van der Waals surface area contributed by atoms with Crippen LogP contribution >= 0.6 is 11.6 Å². The van der Waals surface area contributed by atoms with Crippen LogP contribution in [0.5, 0.6) is 0 Å². The van der Waals surface area contributed by atoms with Crippen molar-refractivity contribution in [1.82, 2.24) is 9.97 Å². The minimum Gasteiger partial charge on any atom is -0.347 e. The van der Waals surface area contributed by atoms with E-state index in [0.717, 1.165) is 0 Å². The Hall–Kier alpha value is -2.14. The third-order valence-electron chi connectivity index (χ3n) is 2.40. The smallest absolute Gasteiger partial charge is 0.255 e. The zero-order chi connectivity index (χ0) is 13.8. The number of nitrogens with zero attached hydrogens (tertiary/aromatic N) is 3. The van der Waals surface area contributed by atoms with E-state index in [-0.39, 0.29) is 5.91 Å². The van der Waals surface area contributed by atoms with Crippen LogP contribution in [0.15, 0.2) is 36.7 Å². The number of hydrogen-bond donors (Lipinski definition) is 1. The van der Waals surface area contributed by atoms with Crippen LogP contribution in [-0.2, 0) is 0 Å². The van der Waals surface area contributed by atoms with Crippen molar-refractivity contribution in [2.24, 2.45) is 0 Å².